The highest BCUT2D eigenvalue weighted by Crippen LogP contribution is 2.14. The van der Waals surface area contributed by atoms with E-state index in [9.17, 15) is 22.8 Å². The molecule has 0 aromatic heterocycles. The Morgan fingerprint density at radius 2 is 1.74 bits per heavy atom. The van der Waals surface area contributed by atoms with Gasteiger partial charge in [-0.25, -0.2) is 4.79 Å². The molecule has 0 aliphatic carbocycles. The third-order valence-electron chi connectivity index (χ3n) is 1.96. The first-order valence-electron chi connectivity index (χ1n) is 5.80. The lowest BCUT2D eigenvalue weighted by molar-refractivity contribution is -0.173. The largest absolute Gasteiger partial charge is 0.471 e. The summed E-state index contributed by atoms with van der Waals surface area (Å²) in [6.07, 6.45) is -5.54. The van der Waals surface area contributed by atoms with Gasteiger partial charge in [-0.3, -0.25) is 4.79 Å². The van der Waals surface area contributed by atoms with Gasteiger partial charge in [-0.05, 0) is 27.7 Å². The van der Waals surface area contributed by atoms with Crippen LogP contribution in [0.4, 0.5) is 18.0 Å². The first-order valence-corrected chi connectivity index (χ1v) is 5.80. The number of carbonyl (C=O) groups excluding carboxylic acids is 2. The number of hydrogen-bond donors (Lipinski definition) is 1. The molecular weight excluding hydrogens is 265 g/mol. The molecule has 0 saturated carbocycles. The van der Waals surface area contributed by atoms with E-state index in [1.807, 2.05) is 0 Å². The highest BCUT2D eigenvalue weighted by atomic mass is 19.4. The van der Waals surface area contributed by atoms with Crippen molar-refractivity contribution >= 4 is 12.0 Å². The molecule has 1 N–H and O–H groups in total. The number of nitrogens with one attached hydrogen (secondary N) is 1. The van der Waals surface area contributed by atoms with Crippen molar-refractivity contribution in [3.8, 4) is 0 Å². The molecule has 0 rings (SSSR count). The summed E-state index contributed by atoms with van der Waals surface area (Å²) in [5.41, 5.74) is -0.681. The molecule has 0 fully saturated rings. The van der Waals surface area contributed by atoms with E-state index in [4.69, 9.17) is 4.74 Å². The number of nitrogens with zero attached hydrogens (tertiary/aromatic N) is 1. The molecule has 0 aliphatic rings. The van der Waals surface area contributed by atoms with Gasteiger partial charge in [0.05, 0.1) is 0 Å². The summed E-state index contributed by atoms with van der Waals surface area (Å²) in [5, 5.41) is 1.69. The zero-order valence-corrected chi connectivity index (χ0v) is 11.4. The van der Waals surface area contributed by atoms with Crippen molar-refractivity contribution in [3.05, 3.63) is 0 Å². The molecule has 19 heavy (non-hydrogen) atoms. The van der Waals surface area contributed by atoms with Crippen LogP contribution in [-0.2, 0) is 9.53 Å². The summed E-state index contributed by atoms with van der Waals surface area (Å²) in [6.45, 7) is 6.66. The van der Waals surface area contributed by atoms with Crippen LogP contribution in [0.15, 0.2) is 0 Å². The summed E-state index contributed by atoms with van der Waals surface area (Å²) in [4.78, 5) is 23.4. The standard InChI is InChI=1S/C11H19F3N2O3/c1-5-16(9(18)19-10(2,3)4)7-6-15-8(17)11(12,13)14/h5-7H2,1-4H3,(H,15,17). The minimum Gasteiger partial charge on any atom is -0.444 e. The fraction of sp³-hybridized carbons (Fsp3) is 0.818. The van der Waals surface area contributed by atoms with Crippen LogP contribution in [0, 0.1) is 0 Å². The van der Waals surface area contributed by atoms with Crippen LogP contribution < -0.4 is 5.32 Å². The van der Waals surface area contributed by atoms with Crippen molar-refractivity contribution in [3.63, 3.8) is 0 Å². The van der Waals surface area contributed by atoms with Gasteiger partial charge in [-0.2, -0.15) is 13.2 Å². The molecule has 0 atom stereocenters. The van der Waals surface area contributed by atoms with Crippen molar-refractivity contribution in [1.82, 2.24) is 10.2 Å². The third-order valence-corrected chi connectivity index (χ3v) is 1.96. The smallest absolute Gasteiger partial charge is 0.444 e. The normalized spacial score (nSPS) is 11.9. The lowest BCUT2D eigenvalue weighted by atomic mass is 10.2. The molecule has 0 aromatic rings. The van der Waals surface area contributed by atoms with Gasteiger partial charge in [-0.1, -0.05) is 0 Å². The Hall–Kier alpha value is -1.47. The first-order chi connectivity index (χ1) is 8.47. The van der Waals surface area contributed by atoms with Crippen molar-refractivity contribution < 1.29 is 27.5 Å². The molecule has 2 amide bonds. The summed E-state index contributed by atoms with van der Waals surface area (Å²) >= 11 is 0. The zero-order chi connectivity index (χ0) is 15.3. The van der Waals surface area contributed by atoms with E-state index in [0.717, 1.165) is 0 Å². The second kappa shape index (κ2) is 6.63. The Bertz CT molecular complexity index is 324. The van der Waals surface area contributed by atoms with Crippen LogP contribution in [0.1, 0.15) is 27.7 Å². The number of alkyl halides is 3. The van der Waals surface area contributed by atoms with Crippen LogP contribution in [0.2, 0.25) is 0 Å². The molecule has 0 radical (unpaired) electrons. The monoisotopic (exact) mass is 284 g/mol. The maximum absolute atomic E-state index is 11.9. The number of carbonyl (C=O) groups is 2. The molecule has 0 bridgehead atoms. The Morgan fingerprint density at radius 1 is 1.21 bits per heavy atom. The van der Waals surface area contributed by atoms with E-state index in [2.05, 4.69) is 0 Å². The molecule has 5 nitrogen and oxygen atoms in total. The lowest BCUT2D eigenvalue weighted by Crippen LogP contribution is -2.44. The van der Waals surface area contributed by atoms with E-state index >= 15 is 0 Å². The molecule has 0 unspecified atom stereocenters. The fourth-order valence-corrected chi connectivity index (χ4v) is 1.11. The second-order valence-electron chi connectivity index (χ2n) is 4.81. The quantitative estimate of drug-likeness (QED) is 0.858. The van der Waals surface area contributed by atoms with E-state index in [0.29, 0.717) is 0 Å². The second-order valence-corrected chi connectivity index (χ2v) is 4.81. The lowest BCUT2D eigenvalue weighted by Gasteiger charge is -2.26. The molecule has 112 valence electrons. The first kappa shape index (κ1) is 17.5. The van der Waals surface area contributed by atoms with E-state index in [1.165, 1.54) is 4.90 Å². The summed E-state index contributed by atoms with van der Waals surface area (Å²) in [5.74, 6) is -2.02. The maximum atomic E-state index is 11.9. The van der Waals surface area contributed by atoms with E-state index in [1.54, 1.807) is 33.0 Å². The van der Waals surface area contributed by atoms with Crippen molar-refractivity contribution in [2.75, 3.05) is 19.6 Å². The molecule has 0 spiro atoms. The fourth-order valence-electron chi connectivity index (χ4n) is 1.11. The van der Waals surface area contributed by atoms with E-state index in [-0.39, 0.29) is 19.6 Å². The average molecular weight is 284 g/mol. The number of ether oxygens (including phenoxy) is 1. The summed E-state index contributed by atoms with van der Waals surface area (Å²) in [6, 6.07) is 0. The van der Waals surface area contributed by atoms with Crippen molar-refractivity contribution in [2.24, 2.45) is 0 Å². The topological polar surface area (TPSA) is 58.6 Å². The van der Waals surface area contributed by atoms with Crippen LogP contribution in [0.5, 0.6) is 0 Å². The predicted molar refractivity (Wildman–Crippen MR) is 62.5 cm³/mol. The van der Waals surface area contributed by atoms with Gasteiger partial charge in [0, 0.05) is 19.6 Å². The molecule has 0 saturated heterocycles. The number of halogens is 3. The van der Waals surface area contributed by atoms with Gasteiger partial charge in [0.25, 0.3) is 0 Å². The summed E-state index contributed by atoms with van der Waals surface area (Å²) < 4.78 is 40.8. The zero-order valence-electron chi connectivity index (χ0n) is 11.4. The van der Waals surface area contributed by atoms with Crippen LogP contribution in [0.3, 0.4) is 0 Å². The average Bonchev–Trinajstić information content (AvgIpc) is 2.19. The SMILES string of the molecule is CCN(CCNC(=O)C(F)(F)F)C(=O)OC(C)(C)C. The Morgan fingerprint density at radius 3 is 2.11 bits per heavy atom. The van der Waals surface area contributed by atoms with Crippen molar-refractivity contribution in [2.45, 2.75) is 39.5 Å². The van der Waals surface area contributed by atoms with Gasteiger partial charge >= 0.3 is 18.2 Å². The Kier molecular flexibility index (Phi) is 6.11. The predicted octanol–water partition coefficient (Wildman–Crippen LogP) is 1.92. The van der Waals surface area contributed by atoms with Gasteiger partial charge in [0.15, 0.2) is 0 Å². The Balaban J connectivity index is 4.22. The Labute approximate surface area is 110 Å². The van der Waals surface area contributed by atoms with Gasteiger partial charge in [0.2, 0.25) is 0 Å². The maximum Gasteiger partial charge on any atom is 0.471 e. The number of amides is 2. The van der Waals surface area contributed by atoms with Crippen molar-refractivity contribution in [1.29, 1.82) is 0 Å². The highest BCUT2D eigenvalue weighted by Gasteiger charge is 2.38. The van der Waals surface area contributed by atoms with Gasteiger partial charge in [-0.15, -0.1) is 0 Å². The highest BCUT2D eigenvalue weighted by molar-refractivity contribution is 5.81. The van der Waals surface area contributed by atoms with E-state index < -0.39 is 23.8 Å². The molecule has 8 heteroatoms. The van der Waals surface area contributed by atoms with Crippen LogP contribution in [-0.4, -0.2) is 48.3 Å². The number of rotatable bonds is 4. The molecular formula is C11H19F3N2O3. The minimum atomic E-state index is -4.91. The molecule has 0 heterocycles. The minimum absolute atomic E-state index is 0.0484. The molecule has 0 aromatic carbocycles. The summed E-state index contributed by atoms with van der Waals surface area (Å²) in [7, 11) is 0. The third kappa shape index (κ3) is 7.53. The number of likely N-dealkylation sites (N-methyl/N-ethyl adjacent to an activating group) is 1. The number of hydrogen-bond acceptors (Lipinski definition) is 3. The van der Waals surface area contributed by atoms with Gasteiger partial charge in [0.1, 0.15) is 5.60 Å². The molecule has 0 aliphatic heterocycles. The van der Waals surface area contributed by atoms with Gasteiger partial charge < -0.3 is 15.0 Å². The van der Waals surface area contributed by atoms with Crippen LogP contribution in [0.25, 0.3) is 0 Å². The van der Waals surface area contributed by atoms with Crippen LogP contribution >= 0.6 is 0 Å².